The molecule has 24 heavy (non-hydrogen) atoms. The van der Waals surface area contributed by atoms with Crippen molar-refractivity contribution < 1.29 is 0 Å². The number of aryl methyl sites for hydroxylation is 1. The molecule has 7 nitrogen and oxygen atoms in total. The van der Waals surface area contributed by atoms with Crippen molar-refractivity contribution in [1.29, 1.82) is 0 Å². The summed E-state index contributed by atoms with van der Waals surface area (Å²) in [6.07, 6.45) is 5.87. The van der Waals surface area contributed by atoms with E-state index in [1.807, 2.05) is 19.1 Å². The number of aromatic amines is 2. The van der Waals surface area contributed by atoms with Crippen LogP contribution in [0.25, 0.3) is 11.4 Å². The van der Waals surface area contributed by atoms with E-state index in [2.05, 4.69) is 29.8 Å². The third-order valence-electron chi connectivity index (χ3n) is 4.41. The van der Waals surface area contributed by atoms with Gasteiger partial charge in [-0.3, -0.25) is 14.7 Å². The zero-order valence-electron chi connectivity index (χ0n) is 13.4. The number of imidazole rings is 1. The Morgan fingerprint density at radius 3 is 2.88 bits per heavy atom. The van der Waals surface area contributed by atoms with Crippen LogP contribution in [0.5, 0.6) is 0 Å². The van der Waals surface area contributed by atoms with Gasteiger partial charge in [-0.1, -0.05) is 0 Å². The van der Waals surface area contributed by atoms with Crippen molar-refractivity contribution in [1.82, 2.24) is 29.8 Å². The van der Waals surface area contributed by atoms with E-state index >= 15 is 0 Å². The van der Waals surface area contributed by atoms with Crippen molar-refractivity contribution in [3.8, 4) is 11.4 Å². The first-order valence-electron chi connectivity index (χ1n) is 7.94. The highest BCUT2D eigenvalue weighted by Crippen LogP contribution is 2.19. The molecule has 0 radical (unpaired) electrons. The summed E-state index contributed by atoms with van der Waals surface area (Å²) in [5, 5.41) is 0. The quantitative estimate of drug-likeness (QED) is 0.761. The first kappa shape index (κ1) is 14.8. The minimum atomic E-state index is -0.0599. The number of hydrogen-bond acceptors (Lipinski definition) is 5. The van der Waals surface area contributed by atoms with Gasteiger partial charge in [0.1, 0.15) is 5.82 Å². The molecule has 0 unspecified atom stereocenters. The highest BCUT2D eigenvalue weighted by atomic mass is 16.1. The van der Waals surface area contributed by atoms with Crippen LogP contribution in [-0.4, -0.2) is 36.4 Å². The van der Waals surface area contributed by atoms with Crippen LogP contribution in [0.3, 0.4) is 0 Å². The van der Waals surface area contributed by atoms with Gasteiger partial charge in [0.05, 0.1) is 23.3 Å². The molecule has 0 atom stereocenters. The van der Waals surface area contributed by atoms with Crippen LogP contribution in [0.1, 0.15) is 22.6 Å². The maximum Gasteiger partial charge on any atom is 0.255 e. The fourth-order valence-corrected chi connectivity index (χ4v) is 3.02. The largest absolute Gasteiger partial charge is 0.348 e. The number of rotatable bonds is 3. The average molecular weight is 322 g/mol. The van der Waals surface area contributed by atoms with E-state index in [0.717, 1.165) is 47.7 Å². The summed E-state index contributed by atoms with van der Waals surface area (Å²) in [5.41, 5.74) is 4.56. The summed E-state index contributed by atoms with van der Waals surface area (Å²) in [6, 6.07) is 3.69. The molecule has 0 saturated carbocycles. The molecule has 3 aromatic rings. The van der Waals surface area contributed by atoms with Gasteiger partial charge < -0.3 is 9.97 Å². The van der Waals surface area contributed by atoms with Gasteiger partial charge in [-0.15, -0.1) is 0 Å². The first-order valence-corrected chi connectivity index (χ1v) is 7.94. The lowest BCUT2D eigenvalue weighted by atomic mass is 10.1. The number of pyridine rings is 1. The Kier molecular flexibility index (Phi) is 3.70. The number of nitrogens with zero attached hydrogens (tertiary/aromatic N) is 4. The number of aromatic nitrogens is 5. The van der Waals surface area contributed by atoms with E-state index in [0.29, 0.717) is 12.4 Å². The topological polar surface area (TPSA) is 90.6 Å². The van der Waals surface area contributed by atoms with Gasteiger partial charge in [0.2, 0.25) is 0 Å². The van der Waals surface area contributed by atoms with E-state index in [-0.39, 0.29) is 5.56 Å². The van der Waals surface area contributed by atoms with Crippen molar-refractivity contribution in [3.63, 3.8) is 0 Å². The summed E-state index contributed by atoms with van der Waals surface area (Å²) in [7, 11) is 0. The van der Waals surface area contributed by atoms with Gasteiger partial charge in [-0.25, -0.2) is 9.97 Å². The zero-order chi connectivity index (χ0) is 16.5. The summed E-state index contributed by atoms with van der Waals surface area (Å²) in [6.45, 7) is 4.21. The Morgan fingerprint density at radius 1 is 1.29 bits per heavy atom. The van der Waals surface area contributed by atoms with Crippen LogP contribution < -0.4 is 5.56 Å². The van der Waals surface area contributed by atoms with Crippen molar-refractivity contribution in [3.05, 3.63) is 63.9 Å². The normalized spacial score (nSPS) is 14.5. The molecule has 0 fully saturated rings. The predicted molar refractivity (Wildman–Crippen MR) is 89.2 cm³/mol. The minimum Gasteiger partial charge on any atom is -0.348 e. The van der Waals surface area contributed by atoms with E-state index in [1.54, 1.807) is 18.7 Å². The third kappa shape index (κ3) is 2.74. The Hall–Kier alpha value is -2.80. The van der Waals surface area contributed by atoms with Crippen LogP contribution >= 0.6 is 0 Å². The second-order valence-corrected chi connectivity index (χ2v) is 6.01. The van der Waals surface area contributed by atoms with Crippen LogP contribution in [0.2, 0.25) is 0 Å². The highest BCUT2D eigenvalue weighted by molar-refractivity contribution is 5.54. The number of nitrogens with one attached hydrogen (secondary N) is 2. The summed E-state index contributed by atoms with van der Waals surface area (Å²) < 4.78 is 0. The Morgan fingerprint density at radius 2 is 2.12 bits per heavy atom. The number of fused-ring (bicyclic) bond motifs is 1. The van der Waals surface area contributed by atoms with E-state index in [4.69, 9.17) is 0 Å². The fourth-order valence-electron chi connectivity index (χ4n) is 3.02. The molecule has 1 aliphatic heterocycles. The van der Waals surface area contributed by atoms with Gasteiger partial charge >= 0.3 is 0 Å². The minimum absolute atomic E-state index is 0.0599. The Balaban J connectivity index is 1.61. The molecular weight excluding hydrogens is 304 g/mol. The average Bonchev–Trinajstić information content (AvgIpc) is 3.01. The Bertz CT molecular complexity index is 914. The van der Waals surface area contributed by atoms with Crippen LogP contribution in [0.15, 0.2) is 35.6 Å². The molecule has 3 aromatic heterocycles. The van der Waals surface area contributed by atoms with Gasteiger partial charge in [-0.2, -0.15) is 0 Å². The van der Waals surface area contributed by atoms with Gasteiger partial charge in [0, 0.05) is 49.7 Å². The maximum absolute atomic E-state index is 12.5. The lowest BCUT2D eigenvalue weighted by Gasteiger charge is -2.27. The van der Waals surface area contributed by atoms with Crippen LogP contribution in [0.4, 0.5) is 0 Å². The molecular formula is C17H18N6O. The van der Waals surface area contributed by atoms with Gasteiger partial charge in [0.15, 0.2) is 0 Å². The highest BCUT2D eigenvalue weighted by Gasteiger charge is 2.22. The second kappa shape index (κ2) is 6.01. The van der Waals surface area contributed by atoms with Crippen molar-refractivity contribution >= 4 is 0 Å². The lowest BCUT2D eigenvalue weighted by molar-refractivity contribution is 0.239. The smallest absolute Gasteiger partial charge is 0.255 e. The molecule has 0 aromatic carbocycles. The van der Waals surface area contributed by atoms with E-state index < -0.39 is 0 Å². The molecule has 122 valence electrons. The first-order chi connectivity index (χ1) is 11.7. The van der Waals surface area contributed by atoms with Crippen molar-refractivity contribution in [2.24, 2.45) is 0 Å². The molecule has 0 bridgehead atoms. The Labute approximate surface area is 138 Å². The summed E-state index contributed by atoms with van der Waals surface area (Å²) in [5.74, 6) is 0.609. The molecule has 4 heterocycles. The van der Waals surface area contributed by atoms with Crippen LogP contribution in [-0.2, 0) is 19.5 Å². The molecule has 1 aliphatic rings. The predicted octanol–water partition coefficient (Wildman–Crippen LogP) is 1.42. The number of hydrogen-bond donors (Lipinski definition) is 2. The molecule has 0 amide bonds. The summed E-state index contributed by atoms with van der Waals surface area (Å²) in [4.78, 5) is 33.7. The molecule has 4 rings (SSSR count). The van der Waals surface area contributed by atoms with E-state index in [1.165, 1.54) is 0 Å². The second-order valence-electron chi connectivity index (χ2n) is 6.01. The zero-order valence-corrected chi connectivity index (χ0v) is 13.4. The summed E-state index contributed by atoms with van der Waals surface area (Å²) >= 11 is 0. The molecule has 2 N–H and O–H groups in total. The molecule has 0 saturated heterocycles. The monoisotopic (exact) mass is 322 g/mol. The third-order valence-corrected chi connectivity index (χ3v) is 4.41. The van der Waals surface area contributed by atoms with Gasteiger partial charge in [0.25, 0.3) is 5.56 Å². The van der Waals surface area contributed by atoms with E-state index in [9.17, 15) is 4.79 Å². The fraction of sp³-hybridized carbons (Fsp3) is 0.294. The van der Waals surface area contributed by atoms with Crippen molar-refractivity contribution in [2.45, 2.75) is 26.4 Å². The van der Waals surface area contributed by atoms with Crippen molar-refractivity contribution in [2.75, 3.05) is 6.54 Å². The SMILES string of the molecule is Cc1[nH]cnc1CN1CCc2nc(-c3ccncc3)[nH]c(=O)c2C1. The van der Waals surface area contributed by atoms with Crippen LogP contribution in [0, 0.1) is 6.92 Å². The number of H-pyrrole nitrogens is 2. The molecule has 0 spiro atoms. The molecule has 0 aliphatic carbocycles. The lowest BCUT2D eigenvalue weighted by Crippen LogP contribution is -2.35. The van der Waals surface area contributed by atoms with Gasteiger partial charge in [-0.05, 0) is 19.1 Å². The molecule has 7 heteroatoms. The standard InChI is InChI=1S/C17H18N6O/c1-11-15(20-10-19-11)9-23-7-4-14-13(8-23)17(24)22-16(21-14)12-2-5-18-6-3-12/h2-3,5-6,10H,4,7-9H2,1H3,(H,19,20)(H,21,22,24). The maximum atomic E-state index is 12.5.